The van der Waals surface area contributed by atoms with Crippen LogP contribution in [0.5, 0.6) is 11.5 Å². The molecule has 0 heterocycles. The lowest BCUT2D eigenvalue weighted by Crippen LogP contribution is -2.11. The van der Waals surface area contributed by atoms with Gasteiger partial charge in [-0.25, -0.2) is 0 Å². The lowest BCUT2D eigenvalue weighted by atomic mass is 9.93. The first-order valence-corrected chi connectivity index (χ1v) is 6.46. The Kier molecular flexibility index (Phi) is 5.94. The number of hydrogen-bond acceptors (Lipinski definition) is 4. The number of methoxy groups -OCH3 is 2. The van der Waals surface area contributed by atoms with Crippen LogP contribution in [0.15, 0.2) is 12.1 Å². The second-order valence-electron chi connectivity index (χ2n) is 4.17. The summed E-state index contributed by atoms with van der Waals surface area (Å²) in [6.07, 6.45) is 0.500. The summed E-state index contributed by atoms with van der Waals surface area (Å²) in [6, 6.07) is 5.45. The van der Waals surface area contributed by atoms with Crippen LogP contribution in [-0.4, -0.2) is 19.3 Å². The van der Waals surface area contributed by atoms with Gasteiger partial charge in [-0.2, -0.15) is 5.26 Å². The molecule has 0 amide bonds. The minimum absolute atomic E-state index is 0.283. The van der Waals surface area contributed by atoms with Crippen molar-refractivity contribution < 1.29 is 14.6 Å². The van der Waals surface area contributed by atoms with Gasteiger partial charge < -0.3 is 14.6 Å². The van der Waals surface area contributed by atoms with Gasteiger partial charge in [-0.1, -0.05) is 31.0 Å². The van der Waals surface area contributed by atoms with E-state index in [1.807, 2.05) is 6.92 Å². The van der Waals surface area contributed by atoms with E-state index in [2.05, 4.69) is 6.07 Å². The number of benzene rings is 1. The van der Waals surface area contributed by atoms with Crippen LogP contribution >= 0.6 is 11.6 Å². The number of halogens is 1. The van der Waals surface area contributed by atoms with Gasteiger partial charge in [-0.05, 0) is 12.5 Å². The molecule has 2 unspecified atom stereocenters. The Balaban J connectivity index is 3.17. The van der Waals surface area contributed by atoms with Gasteiger partial charge in [0.2, 0.25) is 0 Å². The van der Waals surface area contributed by atoms with E-state index >= 15 is 0 Å². The molecule has 0 aliphatic carbocycles. The zero-order valence-electron chi connectivity index (χ0n) is 11.3. The molecule has 0 aliphatic heterocycles. The van der Waals surface area contributed by atoms with Gasteiger partial charge in [0.05, 0.1) is 37.3 Å². The molecule has 4 nitrogen and oxygen atoms in total. The fourth-order valence-corrected chi connectivity index (χ4v) is 2.30. The number of hydrogen-bond donors (Lipinski definition) is 1. The van der Waals surface area contributed by atoms with E-state index in [4.69, 9.17) is 26.3 Å². The summed E-state index contributed by atoms with van der Waals surface area (Å²) >= 11 is 6.21. The summed E-state index contributed by atoms with van der Waals surface area (Å²) < 4.78 is 10.3. The molecule has 0 bridgehead atoms. The van der Waals surface area contributed by atoms with Crippen molar-refractivity contribution in [2.45, 2.75) is 25.9 Å². The van der Waals surface area contributed by atoms with Gasteiger partial charge in [0.25, 0.3) is 0 Å². The lowest BCUT2D eigenvalue weighted by molar-refractivity contribution is 0.129. The minimum atomic E-state index is -0.933. The first-order chi connectivity index (χ1) is 9.10. The summed E-state index contributed by atoms with van der Waals surface area (Å²) in [4.78, 5) is 0. The molecule has 0 saturated heterocycles. The van der Waals surface area contributed by atoms with E-state index < -0.39 is 12.0 Å². The van der Waals surface area contributed by atoms with E-state index in [0.29, 0.717) is 23.5 Å². The van der Waals surface area contributed by atoms with Gasteiger partial charge in [-0.15, -0.1) is 0 Å². The SMILES string of the molecule is CCCC(C#N)C(O)c1ccc(OC)c(OC)c1Cl. The molecule has 104 valence electrons. The normalized spacial score (nSPS) is 13.5. The minimum Gasteiger partial charge on any atom is -0.493 e. The van der Waals surface area contributed by atoms with Crippen LogP contribution in [0.4, 0.5) is 0 Å². The van der Waals surface area contributed by atoms with Crippen molar-refractivity contribution in [3.05, 3.63) is 22.7 Å². The number of aliphatic hydroxyl groups is 1. The molecule has 0 radical (unpaired) electrons. The molecule has 1 aromatic carbocycles. The Morgan fingerprint density at radius 2 is 2.05 bits per heavy atom. The fourth-order valence-electron chi connectivity index (χ4n) is 1.95. The molecule has 1 aromatic rings. The number of aliphatic hydroxyl groups excluding tert-OH is 1. The predicted octanol–water partition coefficient (Wildman–Crippen LogP) is 3.33. The smallest absolute Gasteiger partial charge is 0.179 e. The van der Waals surface area contributed by atoms with Gasteiger partial charge in [0.1, 0.15) is 0 Å². The van der Waals surface area contributed by atoms with Crippen molar-refractivity contribution in [3.8, 4) is 17.6 Å². The molecular weight excluding hydrogens is 266 g/mol. The fraction of sp³-hybridized carbons (Fsp3) is 0.500. The van der Waals surface area contributed by atoms with Crippen molar-refractivity contribution >= 4 is 11.6 Å². The van der Waals surface area contributed by atoms with Crippen LogP contribution in [0.1, 0.15) is 31.4 Å². The molecule has 2 atom stereocenters. The van der Waals surface area contributed by atoms with Crippen LogP contribution in [0, 0.1) is 17.2 Å². The summed E-state index contributed by atoms with van der Waals surface area (Å²) in [5, 5.41) is 19.7. The molecule has 1 N–H and O–H groups in total. The molecular formula is C14H18ClNO3. The summed E-state index contributed by atoms with van der Waals surface area (Å²) in [6.45, 7) is 1.97. The molecule has 0 fully saturated rings. The standard InChI is InChI=1S/C14H18ClNO3/c1-4-5-9(8-16)13(17)10-6-7-11(18-2)14(19-3)12(10)15/h6-7,9,13,17H,4-5H2,1-3H3. The second-order valence-corrected chi connectivity index (χ2v) is 4.55. The lowest BCUT2D eigenvalue weighted by Gasteiger charge is -2.20. The second kappa shape index (κ2) is 7.22. The summed E-state index contributed by atoms with van der Waals surface area (Å²) in [5.74, 6) is 0.377. The third-order valence-electron chi connectivity index (χ3n) is 2.98. The molecule has 0 spiro atoms. The highest BCUT2D eigenvalue weighted by atomic mass is 35.5. The zero-order valence-corrected chi connectivity index (χ0v) is 12.1. The number of rotatable bonds is 6. The van der Waals surface area contributed by atoms with E-state index in [1.54, 1.807) is 12.1 Å². The van der Waals surface area contributed by atoms with E-state index in [-0.39, 0.29) is 5.02 Å². The molecule has 0 saturated carbocycles. The molecule has 19 heavy (non-hydrogen) atoms. The monoisotopic (exact) mass is 283 g/mol. The Bertz CT molecular complexity index is 470. The topological polar surface area (TPSA) is 62.5 Å². The number of nitriles is 1. The highest BCUT2D eigenvalue weighted by Crippen LogP contribution is 2.41. The van der Waals surface area contributed by atoms with Crippen molar-refractivity contribution in [3.63, 3.8) is 0 Å². The van der Waals surface area contributed by atoms with Crippen LogP contribution in [0.3, 0.4) is 0 Å². The van der Waals surface area contributed by atoms with Gasteiger partial charge in [0.15, 0.2) is 11.5 Å². The van der Waals surface area contributed by atoms with E-state index in [9.17, 15) is 5.11 Å². The van der Waals surface area contributed by atoms with Gasteiger partial charge >= 0.3 is 0 Å². The Morgan fingerprint density at radius 3 is 2.53 bits per heavy atom. The summed E-state index contributed by atoms with van der Waals surface area (Å²) in [5.41, 5.74) is 0.485. The average Bonchev–Trinajstić information content (AvgIpc) is 2.43. The first kappa shape index (κ1) is 15.6. The third-order valence-corrected chi connectivity index (χ3v) is 3.37. The van der Waals surface area contributed by atoms with Crippen molar-refractivity contribution in [2.75, 3.05) is 14.2 Å². The predicted molar refractivity (Wildman–Crippen MR) is 73.5 cm³/mol. The Hall–Kier alpha value is -1.44. The maximum atomic E-state index is 10.3. The van der Waals surface area contributed by atoms with Crippen molar-refractivity contribution in [1.29, 1.82) is 5.26 Å². The number of ether oxygens (including phenoxy) is 2. The third kappa shape index (κ3) is 3.31. The number of nitrogens with zero attached hydrogens (tertiary/aromatic N) is 1. The first-order valence-electron chi connectivity index (χ1n) is 6.08. The average molecular weight is 284 g/mol. The van der Waals surface area contributed by atoms with Gasteiger partial charge in [-0.3, -0.25) is 0 Å². The van der Waals surface area contributed by atoms with Gasteiger partial charge in [0, 0.05) is 5.56 Å². The molecule has 1 rings (SSSR count). The highest BCUT2D eigenvalue weighted by molar-refractivity contribution is 6.33. The van der Waals surface area contributed by atoms with Crippen molar-refractivity contribution in [2.24, 2.45) is 5.92 Å². The van der Waals surface area contributed by atoms with Crippen molar-refractivity contribution in [1.82, 2.24) is 0 Å². The molecule has 0 aromatic heterocycles. The highest BCUT2D eigenvalue weighted by Gasteiger charge is 2.25. The maximum absolute atomic E-state index is 10.3. The van der Waals surface area contributed by atoms with Crippen LogP contribution in [-0.2, 0) is 0 Å². The van der Waals surface area contributed by atoms with Crippen LogP contribution < -0.4 is 9.47 Å². The van der Waals surface area contributed by atoms with E-state index in [1.165, 1.54) is 14.2 Å². The van der Waals surface area contributed by atoms with Crippen LogP contribution in [0.25, 0.3) is 0 Å². The maximum Gasteiger partial charge on any atom is 0.179 e. The van der Waals surface area contributed by atoms with Crippen LogP contribution in [0.2, 0.25) is 5.02 Å². The summed E-state index contributed by atoms with van der Waals surface area (Å²) in [7, 11) is 2.99. The Labute approximate surface area is 118 Å². The van der Waals surface area contributed by atoms with E-state index in [0.717, 1.165) is 6.42 Å². The zero-order chi connectivity index (χ0) is 14.4. The largest absolute Gasteiger partial charge is 0.493 e. The quantitative estimate of drug-likeness (QED) is 0.870. The molecule has 5 heteroatoms. The molecule has 0 aliphatic rings. The Morgan fingerprint density at radius 1 is 1.37 bits per heavy atom.